The molecule has 2 bridgehead atoms. The van der Waals surface area contributed by atoms with Crippen LogP contribution in [-0.2, 0) is 20.8 Å². The number of hydrogen-bond acceptors (Lipinski definition) is 7. The van der Waals surface area contributed by atoms with E-state index >= 15 is 0 Å². The van der Waals surface area contributed by atoms with Crippen molar-refractivity contribution in [2.24, 2.45) is 10.8 Å². The number of nitrogens with one attached hydrogen (secondary N) is 3. The molecule has 3 saturated carbocycles. The first-order valence-electron chi connectivity index (χ1n) is 12.0. The molecule has 6 rings (SSSR count). The van der Waals surface area contributed by atoms with Gasteiger partial charge in [-0.15, -0.1) is 0 Å². The number of aliphatic carboxylic acids is 1. The van der Waals surface area contributed by atoms with Crippen LogP contribution in [0.3, 0.4) is 0 Å². The molecule has 3 amide bonds. The van der Waals surface area contributed by atoms with E-state index in [1.54, 1.807) is 18.2 Å². The van der Waals surface area contributed by atoms with E-state index in [9.17, 15) is 24.3 Å². The summed E-state index contributed by atoms with van der Waals surface area (Å²) in [6, 6.07) is 6.54. The number of nitrogens with zero attached hydrogens (tertiary/aromatic N) is 2. The Balaban J connectivity index is 1.16. The van der Waals surface area contributed by atoms with Crippen LogP contribution < -0.4 is 20.7 Å². The molecule has 1 aliphatic heterocycles. The van der Waals surface area contributed by atoms with Crippen molar-refractivity contribution in [3.05, 3.63) is 41.9 Å². The normalized spacial score (nSPS) is 24.2. The van der Waals surface area contributed by atoms with E-state index in [2.05, 4.69) is 25.9 Å². The maximum absolute atomic E-state index is 12.8. The molecule has 11 heteroatoms. The largest absolute Gasteiger partial charge is 0.482 e. The number of hydrogen-bond donors (Lipinski definition) is 4. The second-order valence-electron chi connectivity index (χ2n) is 9.95. The summed E-state index contributed by atoms with van der Waals surface area (Å²) in [4.78, 5) is 56.5. The van der Waals surface area contributed by atoms with Gasteiger partial charge in [0.05, 0.1) is 17.5 Å². The fourth-order valence-electron chi connectivity index (χ4n) is 5.37. The van der Waals surface area contributed by atoms with E-state index < -0.39 is 11.4 Å². The number of ether oxygens (including phenoxy) is 1. The van der Waals surface area contributed by atoms with Gasteiger partial charge in [-0.2, -0.15) is 0 Å². The second-order valence-corrected chi connectivity index (χ2v) is 9.95. The molecule has 188 valence electrons. The summed E-state index contributed by atoms with van der Waals surface area (Å²) in [6.07, 6.45) is 5.53. The van der Waals surface area contributed by atoms with Crippen molar-refractivity contribution in [3.8, 4) is 5.75 Å². The lowest BCUT2D eigenvalue weighted by molar-refractivity contribution is -0.158. The molecule has 0 atom stereocenters. The van der Waals surface area contributed by atoms with E-state index in [1.165, 1.54) is 12.4 Å². The standard InChI is InChI=1S/C25H27N5O6/c31-20(10-15-1-2-18-16(9-15)29-21(32)12-36-18)30-19-11-17(27-14-28-19)22(33)26-13-24-3-6-25(7-4-24,8-5-24)23(34)35/h1-2,9,11,14H,3-8,10,12-13H2,(H,26,33)(H,29,32)(H,34,35)(H,27,28,30,31). The minimum Gasteiger partial charge on any atom is -0.482 e. The Morgan fingerprint density at radius 3 is 2.53 bits per heavy atom. The highest BCUT2D eigenvalue weighted by Gasteiger charge is 2.52. The fraction of sp³-hybridized carbons (Fsp3) is 0.440. The smallest absolute Gasteiger partial charge is 0.309 e. The molecule has 3 aliphatic carbocycles. The molecular weight excluding hydrogens is 466 g/mol. The number of rotatable bonds is 7. The highest BCUT2D eigenvalue weighted by Crippen LogP contribution is 2.56. The maximum atomic E-state index is 12.8. The molecule has 1 aromatic heterocycles. The lowest BCUT2D eigenvalue weighted by atomic mass is 9.53. The fourth-order valence-corrected chi connectivity index (χ4v) is 5.37. The lowest BCUT2D eigenvalue weighted by Crippen LogP contribution is -2.50. The van der Waals surface area contributed by atoms with E-state index in [-0.39, 0.29) is 47.7 Å². The van der Waals surface area contributed by atoms with Gasteiger partial charge in [0.1, 0.15) is 23.6 Å². The zero-order valence-electron chi connectivity index (χ0n) is 19.6. The van der Waals surface area contributed by atoms with Gasteiger partial charge in [0.2, 0.25) is 5.91 Å². The predicted molar refractivity (Wildman–Crippen MR) is 127 cm³/mol. The van der Waals surface area contributed by atoms with Crippen LogP contribution in [0, 0.1) is 10.8 Å². The molecule has 2 aromatic rings. The zero-order chi connectivity index (χ0) is 25.3. The number of aromatic nitrogens is 2. The Hall–Kier alpha value is -4.02. The number of fused-ring (bicyclic) bond motifs is 4. The van der Waals surface area contributed by atoms with Crippen molar-refractivity contribution < 1.29 is 29.0 Å². The third kappa shape index (κ3) is 4.73. The number of carbonyl (C=O) groups excluding carboxylic acids is 3. The monoisotopic (exact) mass is 493 g/mol. The average Bonchev–Trinajstić information content (AvgIpc) is 2.88. The molecule has 36 heavy (non-hydrogen) atoms. The van der Waals surface area contributed by atoms with E-state index in [4.69, 9.17) is 4.74 Å². The SMILES string of the molecule is O=C(Cc1ccc2c(c1)NC(=O)CO2)Nc1cc(C(=O)NCC23CCC(C(=O)O)(CC2)CC3)ncn1. The summed E-state index contributed by atoms with van der Waals surface area (Å²) in [5.41, 5.74) is 0.663. The molecular formula is C25H27N5O6. The molecule has 0 radical (unpaired) electrons. The highest BCUT2D eigenvalue weighted by molar-refractivity contribution is 5.97. The van der Waals surface area contributed by atoms with Gasteiger partial charge in [-0.05, 0) is 61.6 Å². The number of carboxylic acid groups (broad SMARTS) is 1. The number of anilines is 2. The quantitative estimate of drug-likeness (QED) is 0.456. The molecule has 2 heterocycles. The zero-order valence-corrected chi connectivity index (χ0v) is 19.6. The summed E-state index contributed by atoms with van der Waals surface area (Å²) < 4.78 is 5.32. The van der Waals surface area contributed by atoms with Crippen molar-refractivity contribution in [1.82, 2.24) is 15.3 Å². The maximum Gasteiger partial charge on any atom is 0.309 e. The van der Waals surface area contributed by atoms with Gasteiger partial charge in [0, 0.05) is 12.6 Å². The molecule has 0 unspecified atom stereocenters. The van der Waals surface area contributed by atoms with Crippen LogP contribution >= 0.6 is 0 Å². The van der Waals surface area contributed by atoms with Crippen LogP contribution in [0.2, 0.25) is 0 Å². The van der Waals surface area contributed by atoms with Gasteiger partial charge in [0.15, 0.2) is 6.61 Å². The summed E-state index contributed by atoms with van der Waals surface area (Å²) in [7, 11) is 0. The van der Waals surface area contributed by atoms with Crippen LogP contribution in [0.25, 0.3) is 0 Å². The van der Waals surface area contributed by atoms with Gasteiger partial charge in [0.25, 0.3) is 11.8 Å². The molecule has 11 nitrogen and oxygen atoms in total. The number of benzene rings is 1. The van der Waals surface area contributed by atoms with Crippen LogP contribution in [-0.4, -0.2) is 51.9 Å². The van der Waals surface area contributed by atoms with E-state index in [0.717, 1.165) is 19.3 Å². The van der Waals surface area contributed by atoms with E-state index in [1.807, 2.05) is 0 Å². The van der Waals surface area contributed by atoms with Crippen molar-refractivity contribution in [1.29, 1.82) is 0 Å². The first-order chi connectivity index (χ1) is 17.3. The summed E-state index contributed by atoms with van der Waals surface area (Å²) in [5, 5.41) is 17.9. The molecule has 0 spiro atoms. The van der Waals surface area contributed by atoms with Crippen molar-refractivity contribution >= 4 is 35.2 Å². The third-order valence-electron chi connectivity index (χ3n) is 7.69. The Morgan fingerprint density at radius 2 is 1.81 bits per heavy atom. The number of carbonyl (C=O) groups is 4. The minimum atomic E-state index is -0.706. The van der Waals surface area contributed by atoms with Crippen molar-refractivity contribution in [2.45, 2.75) is 44.9 Å². The Kier molecular flexibility index (Phi) is 6.07. The summed E-state index contributed by atoms with van der Waals surface area (Å²) in [6.45, 7) is 0.425. The second kappa shape index (κ2) is 9.21. The first kappa shape index (κ1) is 23.7. The molecule has 4 N–H and O–H groups in total. The predicted octanol–water partition coefficient (Wildman–Crippen LogP) is 2.14. The van der Waals surface area contributed by atoms with Gasteiger partial charge in [-0.1, -0.05) is 6.07 Å². The summed E-state index contributed by atoms with van der Waals surface area (Å²) >= 11 is 0. The third-order valence-corrected chi connectivity index (χ3v) is 7.69. The lowest BCUT2D eigenvalue weighted by Gasteiger charge is -2.51. The minimum absolute atomic E-state index is 0.0367. The van der Waals surface area contributed by atoms with Crippen molar-refractivity contribution in [2.75, 3.05) is 23.8 Å². The topological polar surface area (TPSA) is 160 Å². The van der Waals surface area contributed by atoms with Crippen LogP contribution in [0.1, 0.15) is 54.6 Å². The van der Waals surface area contributed by atoms with Crippen LogP contribution in [0.15, 0.2) is 30.6 Å². The van der Waals surface area contributed by atoms with Gasteiger partial charge in [-0.3, -0.25) is 19.2 Å². The number of amides is 3. The number of carboxylic acids is 1. The molecule has 4 aliphatic rings. The molecule has 0 saturated heterocycles. The summed E-state index contributed by atoms with van der Waals surface area (Å²) in [5.74, 6) is -0.915. The molecule has 1 aromatic carbocycles. The van der Waals surface area contributed by atoms with Gasteiger partial charge in [-0.25, -0.2) is 9.97 Å². The van der Waals surface area contributed by atoms with Crippen LogP contribution in [0.5, 0.6) is 5.75 Å². The Bertz CT molecular complexity index is 1220. The van der Waals surface area contributed by atoms with Gasteiger partial charge < -0.3 is 25.8 Å². The van der Waals surface area contributed by atoms with E-state index in [0.29, 0.717) is 42.8 Å². The van der Waals surface area contributed by atoms with Gasteiger partial charge >= 0.3 is 5.97 Å². The first-order valence-corrected chi connectivity index (χ1v) is 12.0. The highest BCUT2D eigenvalue weighted by atomic mass is 16.5. The van der Waals surface area contributed by atoms with Crippen molar-refractivity contribution in [3.63, 3.8) is 0 Å². The van der Waals surface area contributed by atoms with Crippen LogP contribution in [0.4, 0.5) is 11.5 Å². The Labute approximate surface area is 207 Å². The molecule has 3 fully saturated rings. The average molecular weight is 494 g/mol. The Morgan fingerprint density at radius 1 is 1.06 bits per heavy atom.